The lowest BCUT2D eigenvalue weighted by Gasteiger charge is -2.33. The zero-order chi connectivity index (χ0) is 28.8. The summed E-state index contributed by atoms with van der Waals surface area (Å²) in [5, 5.41) is 0. The van der Waals surface area contributed by atoms with Gasteiger partial charge in [-0.1, -0.05) is 42.5 Å². The van der Waals surface area contributed by atoms with Gasteiger partial charge in [-0.3, -0.25) is 0 Å². The van der Waals surface area contributed by atoms with Gasteiger partial charge in [-0.15, -0.1) is 13.2 Å². The van der Waals surface area contributed by atoms with Crippen LogP contribution < -0.4 is 14.5 Å². The summed E-state index contributed by atoms with van der Waals surface area (Å²) in [4.78, 5) is 3.20. The van der Waals surface area contributed by atoms with Crippen molar-refractivity contribution in [1.29, 1.82) is 0 Å². The van der Waals surface area contributed by atoms with Crippen molar-refractivity contribution >= 4 is 11.4 Å². The first-order chi connectivity index (χ1) is 18.7. The molecule has 0 bridgehead atoms. The van der Waals surface area contributed by atoms with Gasteiger partial charge in [0.15, 0.2) is 0 Å². The van der Waals surface area contributed by atoms with E-state index in [9.17, 15) is 35.1 Å². The lowest BCUT2D eigenvalue weighted by atomic mass is 9.71. The van der Waals surface area contributed by atoms with E-state index in [0.717, 1.165) is 0 Å². The third kappa shape index (κ3) is 6.13. The minimum absolute atomic E-state index is 0.117. The Morgan fingerprint density at radius 1 is 0.825 bits per heavy atom. The average molecular weight is 571 g/mol. The first-order valence-electron chi connectivity index (χ1n) is 12.7. The molecule has 2 heterocycles. The molecule has 11 heteroatoms. The highest BCUT2D eigenvalue weighted by molar-refractivity contribution is 5.68. The number of fused-ring (bicyclic) bond motifs is 1. The molecule has 0 N–H and O–H groups in total. The van der Waals surface area contributed by atoms with Crippen LogP contribution in [0.25, 0.3) is 0 Å². The largest absolute Gasteiger partial charge is 0.573 e. The van der Waals surface area contributed by atoms with Crippen LogP contribution in [0.4, 0.5) is 46.5 Å². The van der Waals surface area contributed by atoms with E-state index < -0.39 is 42.6 Å². The van der Waals surface area contributed by atoms with E-state index in [4.69, 9.17) is 0 Å². The number of anilines is 2. The van der Waals surface area contributed by atoms with Gasteiger partial charge in [0.25, 0.3) is 5.92 Å². The van der Waals surface area contributed by atoms with Gasteiger partial charge in [-0.25, -0.2) is 8.78 Å². The fourth-order valence-corrected chi connectivity index (χ4v) is 5.77. The van der Waals surface area contributed by atoms with Crippen LogP contribution in [0.15, 0.2) is 72.8 Å². The maximum atomic E-state index is 14.0. The maximum absolute atomic E-state index is 14.0. The molecule has 5 rings (SSSR count). The smallest absolute Gasteiger partial charge is 0.406 e. The Bertz CT molecular complexity index is 1360. The molecule has 0 amide bonds. The molecule has 0 aliphatic carbocycles. The predicted octanol–water partition coefficient (Wildman–Crippen LogP) is 7.73. The van der Waals surface area contributed by atoms with Crippen LogP contribution in [0.1, 0.15) is 29.5 Å². The number of hydrogen-bond donors (Lipinski definition) is 0. The van der Waals surface area contributed by atoms with Gasteiger partial charge in [-0.05, 0) is 53.4 Å². The Kier molecular flexibility index (Phi) is 7.12. The van der Waals surface area contributed by atoms with E-state index in [1.165, 1.54) is 18.2 Å². The molecular formula is C29H26F8N2O. The summed E-state index contributed by atoms with van der Waals surface area (Å²) in [5.41, 5.74) is 2.03. The van der Waals surface area contributed by atoms with Crippen LogP contribution >= 0.6 is 0 Å². The molecule has 0 radical (unpaired) electrons. The Labute approximate surface area is 226 Å². The number of alkyl halides is 8. The molecule has 40 heavy (non-hydrogen) atoms. The Morgan fingerprint density at radius 2 is 1.57 bits per heavy atom. The van der Waals surface area contributed by atoms with Gasteiger partial charge in [0, 0.05) is 42.8 Å². The van der Waals surface area contributed by atoms with Gasteiger partial charge in [-0.2, -0.15) is 13.2 Å². The number of para-hydroxylation sites is 1. The van der Waals surface area contributed by atoms with Crippen LogP contribution in [-0.4, -0.2) is 44.6 Å². The standard InChI is InChI=1S/C29H26F8N2O/c30-27(31)11-13-38(19-27)22-7-4-6-21(16-22)26(17-20-5-3-8-23(15-20)40-29(35,36)37)18-39(14-12-28(32,33)34)25-10-2-1-9-24(25)26/h1-10,15-16H,11-14,17-19H2. The second kappa shape index (κ2) is 10.2. The lowest BCUT2D eigenvalue weighted by Crippen LogP contribution is -2.38. The monoisotopic (exact) mass is 570 g/mol. The summed E-state index contributed by atoms with van der Waals surface area (Å²) in [5.74, 6) is -3.24. The van der Waals surface area contributed by atoms with Crippen LogP contribution in [0.3, 0.4) is 0 Å². The molecule has 0 saturated carbocycles. The van der Waals surface area contributed by atoms with Crippen LogP contribution in [0, 0.1) is 0 Å². The van der Waals surface area contributed by atoms with Crippen molar-refractivity contribution in [2.24, 2.45) is 0 Å². The van der Waals surface area contributed by atoms with Crippen molar-refractivity contribution in [3.05, 3.63) is 89.5 Å². The van der Waals surface area contributed by atoms with E-state index in [0.29, 0.717) is 28.1 Å². The second-order valence-corrected chi connectivity index (χ2v) is 10.3. The van der Waals surface area contributed by atoms with E-state index in [1.54, 1.807) is 64.4 Å². The van der Waals surface area contributed by atoms with Crippen LogP contribution in [0.5, 0.6) is 5.75 Å². The molecular weight excluding hydrogens is 544 g/mol. The van der Waals surface area contributed by atoms with Gasteiger partial charge in [0.2, 0.25) is 0 Å². The summed E-state index contributed by atoms with van der Waals surface area (Å²) >= 11 is 0. The Morgan fingerprint density at radius 3 is 2.27 bits per heavy atom. The van der Waals surface area contributed by atoms with Crippen LogP contribution in [-0.2, 0) is 11.8 Å². The molecule has 3 aromatic carbocycles. The maximum Gasteiger partial charge on any atom is 0.573 e. The predicted molar refractivity (Wildman–Crippen MR) is 135 cm³/mol. The highest BCUT2D eigenvalue weighted by atomic mass is 19.4. The van der Waals surface area contributed by atoms with Crippen molar-refractivity contribution in [3.8, 4) is 5.75 Å². The number of ether oxygens (including phenoxy) is 1. The molecule has 2 aliphatic rings. The highest BCUT2D eigenvalue weighted by Crippen LogP contribution is 2.48. The summed E-state index contributed by atoms with van der Waals surface area (Å²) < 4.78 is 110. The van der Waals surface area contributed by atoms with Gasteiger partial charge < -0.3 is 14.5 Å². The first kappa shape index (κ1) is 28.0. The molecule has 0 spiro atoms. The molecule has 1 unspecified atom stereocenters. The molecule has 214 valence electrons. The zero-order valence-electron chi connectivity index (χ0n) is 21.2. The van der Waals surface area contributed by atoms with Crippen molar-refractivity contribution in [1.82, 2.24) is 0 Å². The zero-order valence-corrected chi connectivity index (χ0v) is 21.2. The van der Waals surface area contributed by atoms with Gasteiger partial charge in [0.1, 0.15) is 5.75 Å². The van der Waals surface area contributed by atoms with E-state index in [-0.39, 0.29) is 32.5 Å². The minimum atomic E-state index is -4.89. The molecule has 3 nitrogen and oxygen atoms in total. The van der Waals surface area contributed by atoms with E-state index in [2.05, 4.69) is 4.74 Å². The minimum Gasteiger partial charge on any atom is -0.406 e. The van der Waals surface area contributed by atoms with E-state index in [1.807, 2.05) is 0 Å². The quantitative estimate of drug-likeness (QED) is 0.271. The second-order valence-electron chi connectivity index (χ2n) is 10.3. The average Bonchev–Trinajstić information content (AvgIpc) is 3.39. The Hall–Kier alpha value is -3.50. The molecule has 0 aromatic heterocycles. The normalized spacial score (nSPS) is 20.6. The van der Waals surface area contributed by atoms with Gasteiger partial charge in [0.05, 0.1) is 13.0 Å². The highest BCUT2D eigenvalue weighted by Gasteiger charge is 2.46. The molecule has 3 aromatic rings. The molecule has 1 atom stereocenters. The number of rotatable bonds is 7. The van der Waals surface area contributed by atoms with E-state index >= 15 is 0 Å². The fraction of sp³-hybridized carbons (Fsp3) is 0.379. The topological polar surface area (TPSA) is 15.7 Å². The van der Waals surface area contributed by atoms with Gasteiger partial charge >= 0.3 is 12.5 Å². The SMILES string of the molecule is FC(F)(F)CCN1CC(Cc2cccc(OC(F)(F)F)c2)(c2cccc(N3CCC(F)(F)C3)c2)c2ccccc21. The fourth-order valence-electron chi connectivity index (χ4n) is 5.77. The molecule has 1 fully saturated rings. The number of benzene rings is 3. The van der Waals surface area contributed by atoms with Crippen molar-refractivity contribution in [2.75, 3.05) is 36.0 Å². The van der Waals surface area contributed by atoms with Crippen molar-refractivity contribution in [2.45, 2.75) is 43.1 Å². The number of hydrogen-bond acceptors (Lipinski definition) is 3. The number of halogens is 8. The van der Waals surface area contributed by atoms with Crippen molar-refractivity contribution < 1.29 is 39.9 Å². The summed E-state index contributed by atoms with van der Waals surface area (Å²) in [7, 11) is 0. The number of nitrogens with zero attached hydrogens (tertiary/aromatic N) is 2. The summed E-state index contributed by atoms with van der Waals surface area (Å²) in [6, 6.07) is 19.5. The van der Waals surface area contributed by atoms with Crippen molar-refractivity contribution in [3.63, 3.8) is 0 Å². The molecule has 1 saturated heterocycles. The summed E-state index contributed by atoms with van der Waals surface area (Å²) in [6.45, 7) is -0.493. The third-order valence-electron chi connectivity index (χ3n) is 7.46. The van der Waals surface area contributed by atoms with Crippen LogP contribution in [0.2, 0.25) is 0 Å². The Balaban J connectivity index is 1.59. The summed E-state index contributed by atoms with van der Waals surface area (Å²) in [6.07, 6.45) is -10.5. The third-order valence-corrected chi connectivity index (χ3v) is 7.46. The molecule has 2 aliphatic heterocycles. The lowest BCUT2D eigenvalue weighted by molar-refractivity contribution is -0.274. The first-order valence-corrected chi connectivity index (χ1v) is 12.7.